The lowest BCUT2D eigenvalue weighted by atomic mass is 10.2. The van der Waals surface area contributed by atoms with Gasteiger partial charge in [0.25, 0.3) is 0 Å². The summed E-state index contributed by atoms with van der Waals surface area (Å²) in [5.74, 6) is 2.20. The Bertz CT molecular complexity index is 680. The topological polar surface area (TPSA) is 98.8 Å². The summed E-state index contributed by atoms with van der Waals surface area (Å²) in [6.07, 6.45) is 2.17. The third kappa shape index (κ3) is 3.38. The third-order valence-corrected chi connectivity index (χ3v) is 3.34. The van der Waals surface area contributed by atoms with Crippen molar-refractivity contribution in [1.82, 2.24) is 19.7 Å². The number of nitrogens with zero attached hydrogens (tertiary/aromatic N) is 5. The molecule has 2 heterocycles. The third-order valence-electron chi connectivity index (χ3n) is 3.34. The van der Waals surface area contributed by atoms with Crippen LogP contribution >= 0.6 is 0 Å². The molecule has 0 bridgehead atoms. The second kappa shape index (κ2) is 6.50. The van der Waals surface area contributed by atoms with Crippen molar-refractivity contribution >= 4 is 11.5 Å². The highest BCUT2D eigenvalue weighted by atomic mass is 16.6. The Kier molecular flexibility index (Phi) is 4.69. The molecule has 2 rings (SSSR count). The van der Waals surface area contributed by atoms with Crippen molar-refractivity contribution in [2.45, 2.75) is 33.1 Å². The van der Waals surface area contributed by atoms with Crippen LogP contribution in [-0.4, -0.2) is 31.2 Å². The average molecular weight is 304 g/mol. The van der Waals surface area contributed by atoms with Crippen LogP contribution in [0, 0.1) is 17.0 Å². The van der Waals surface area contributed by atoms with E-state index in [0.717, 1.165) is 11.6 Å². The molecule has 1 N–H and O–H groups in total. The van der Waals surface area contributed by atoms with E-state index in [-0.39, 0.29) is 17.4 Å². The van der Waals surface area contributed by atoms with E-state index in [1.807, 2.05) is 20.9 Å². The smallest absolute Gasteiger partial charge is 0.314 e. The van der Waals surface area contributed by atoms with Gasteiger partial charge >= 0.3 is 5.69 Å². The molecule has 0 saturated heterocycles. The Morgan fingerprint density at radius 2 is 2.18 bits per heavy atom. The highest BCUT2D eigenvalue weighted by Crippen LogP contribution is 2.25. The lowest BCUT2D eigenvalue weighted by Gasteiger charge is -2.07. The normalized spacial score (nSPS) is 11.0. The lowest BCUT2D eigenvalue weighted by Crippen LogP contribution is -2.11. The van der Waals surface area contributed by atoms with Crippen LogP contribution in [0.1, 0.15) is 37.0 Å². The predicted molar refractivity (Wildman–Crippen MR) is 82.9 cm³/mol. The van der Waals surface area contributed by atoms with Gasteiger partial charge in [0.05, 0.1) is 4.92 Å². The van der Waals surface area contributed by atoms with Gasteiger partial charge in [0.1, 0.15) is 5.82 Å². The number of hydrogen-bond donors (Lipinski definition) is 1. The van der Waals surface area contributed by atoms with Crippen molar-refractivity contribution in [3.8, 4) is 0 Å². The molecule has 0 spiro atoms. The van der Waals surface area contributed by atoms with Crippen LogP contribution < -0.4 is 5.32 Å². The van der Waals surface area contributed by atoms with Gasteiger partial charge in [-0.1, -0.05) is 13.8 Å². The van der Waals surface area contributed by atoms with E-state index in [9.17, 15) is 10.1 Å². The summed E-state index contributed by atoms with van der Waals surface area (Å²) >= 11 is 0. The van der Waals surface area contributed by atoms with Gasteiger partial charge in [-0.25, -0.2) is 9.97 Å². The molecule has 0 aromatic carbocycles. The van der Waals surface area contributed by atoms with Gasteiger partial charge in [-0.3, -0.25) is 14.8 Å². The van der Waals surface area contributed by atoms with Crippen LogP contribution in [-0.2, 0) is 13.5 Å². The summed E-state index contributed by atoms with van der Waals surface area (Å²) in [5, 5.41) is 18.5. The molecule has 0 atom stereocenters. The first-order valence-electron chi connectivity index (χ1n) is 7.13. The monoisotopic (exact) mass is 304 g/mol. The van der Waals surface area contributed by atoms with E-state index in [1.165, 1.54) is 0 Å². The standard InChI is InChI=1S/C14H20N6O2/c1-9(2)13-17-11(19(4)18-13)6-8-16-14-12(20(21)22)10(3)5-7-15-14/h5,7,9H,6,8H2,1-4H3,(H,15,16). The first kappa shape index (κ1) is 15.9. The zero-order valence-electron chi connectivity index (χ0n) is 13.2. The summed E-state index contributed by atoms with van der Waals surface area (Å²) in [5.41, 5.74) is 0.603. The summed E-state index contributed by atoms with van der Waals surface area (Å²) in [6.45, 7) is 6.28. The number of rotatable bonds is 6. The van der Waals surface area contributed by atoms with Gasteiger partial charge in [0.2, 0.25) is 5.82 Å². The molecule has 118 valence electrons. The highest BCUT2D eigenvalue weighted by Gasteiger charge is 2.18. The maximum Gasteiger partial charge on any atom is 0.314 e. The first-order valence-corrected chi connectivity index (χ1v) is 7.13. The maximum atomic E-state index is 11.1. The SMILES string of the molecule is Cc1ccnc(NCCc2nc(C(C)C)nn2C)c1[N+](=O)[O-]. The fourth-order valence-electron chi connectivity index (χ4n) is 2.10. The van der Waals surface area contributed by atoms with Crippen molar-refractivity contribution in [1.29, 1.82) is 0 Å². The van der Waals surface area contributed by atoms with Gasteiger partial charge in [-0.15, -0.1) is 0 Å². The Morgan fingerprint density at radius 3 is 2.77 bits per heavy atom. The van der Waals surface area contributed by atoms with Crippen LogP contribution in [0.3, 0.4) is 0 Å². The van der Waals surface area contributed by atoms with Crippen molar-refractivity contribution in [3.63, 3.8) is 0 Å². The van der Waals surface area contributed by atoms with Crippen molar-refractivity contribution in [3.05, 3.63) is 39.6 Å². The second-order valence-corrected chi connectivity index (χ2v) is 5.42. The van der Waals surface area contributed by atoms with Gasteiger partial charge in [-0.05, 0) is 13.0 Å². The predicted octanol–water partition coefficient (Wildman–Crippen LogP) is 2.20. The van der Waals surface area contributed by atoms with Crippen LogP contribution in [0.25, 0.3) is 0 Å². The molecule has 0 saturated carbocycles. The van der Waals surface area contributed by atoms with Crippen LogP contribution in [0.2, 0.25) is 0 Å². The molecular weight excluding hydrogens is 284 g/mol. The Hall–Kier alpha value is -2.51. The molecule has 0 amide bonds. The number of hydrogen-bond acceptors (Lipinski definition) is 6. The fraction of sp³-hybridized carbons (Fsp3) is 0.500. The highest BCUT2D eigenvalue weighted by molar-refractivity contribution is 5.59. The summed E-state index contributed by atoms with van der Waals surface area (Å²) < 4.78 is 1.75. The van der Waals surface area contributed by atoms with Crippen molar-refractivity contribution in [2.75, 3.05) is 11.9 Å². The van der Waals surface area contributed by atoms with Gasteiger partial charge in [-0.2, -0.15) is 5.10 Å². The zero-order valence-corrected chi connectivity index (χ0v) is 13.2. The quantitative estimate of drug-likeness (QED) is 0.649. The van der Waals surface area contributed by atoms with E-state index in [0.29, 0.717) is 18.5 Å². The molecule has 8 heteroatoms. The molecule has 0 aliphatic carbocycles. The van der Waals surface area contributed by atoms with Crippen LogP contribution in [0.15, 0.2) is 12.3 Å². The van der Waals surface area contributed by atoms with Gasteiger partial charge in [0, 0.05) is 37.7 Å². The van der Waals surface area contributed by atoms with Gasteiger partial charge < -0.3 is 5.32 Å². The van der Waals surface area contributed by atoms with E-state index in [2.05, 4.69) is 20.4 Å². The number of aryl methyl sites for hydroxylation is 2. The second-order valence-electron chi connectivity index (χ2n) is 5.42. The number of anilines is 1. The molecule has 0 unspecified atom stereocenters. The summed E-state index contributed by atoms with van der Waals surface area (Å²) in [7, 11) is 1.85. The first-order chi connectivity index (χ1) is 10.4. The number of nitrogens with one attached hydrogen (secondary N) is 1. The largest absolute Gasteiger partial charge is 0.364 e. The summed E-state index contributed by atoms with van der Waals surface area (Å²) in [4.78, 5) is 19.2. The average Bonchev–Trinajstić information content (AvgIpc) is 2.80. The molecule has 0 aliphatic rings. The molecular formula is C14H20N6O2. The Morgan fingerprint density at radius 1 is 1.45 bits per heavy atom. The zero-order chi connectivity index (χ0) is 16.3. The van der Waals surface area contributed by atoms with E-state index >= 15 is 0 Å². The molecule has 8 nitrogen and oxygen atoms in total. The molecule has 22 heavy (non-hydrogen) atoms. The van der Waals surface area contributed by atoms with E-state index in [1.54, 1.807) is 23.9 Å². The van der Waals surface area contributed by atoms with Crippen molar-refractivity contribution in [2.24, 2.45) is 7.05 Å². The number of nitro groups is 1. The van der Waals surface area contributed by atoms with E-state index < -0.39 is 4.92 Å². The number of pyridine rings is 1. The van der Waals surface area contributed by atoms with Gasteiger partial charge in [0.15, 0.2) is 5.82 Å². The minimum atomic E-state index is -0.413. The minimum Gasteiger partial charge on any atom is -0.364 e. The number of aromatic nitrogens is 4. The summed E-state index contributed by atoms with van der Waals surface area (Å²) in [6, 6.07) is 1.63. The minimum absolute atomic E-state index is 0.0170. The Labute approximate surface area is 128 Å². The lowest BCUT2D eigenvalue weighted by molar-refractivity contribution is -0.384. The molecule has 0 aliphatic heterocycles. The Balaban J connectivity index is 2.06. The van der Waals surface area contributed by atoms with Crippen LogP contribution in [0.4, 0.5) is 11.5 Å². The maximum absolute atomic E-state index is 11.1. The molecule has 2 aromatic heterocycles. The molecule has 0 radical (unpaired) electrons. The van der Waals surface area contributed by atoms with Crippen LogP contribution in [0.5, 0.6) is 0 Å². The fourth-order valence-corrected chi connectivity index (χ4v) is 2.10. The van der Waals surface area contributed by atoms with Crippen molar-refractivity contribution < 1.29 is 4.92 Å². The molecule has 2 aromatic rings. The molecule has 0 fully saturated rings. The van der Waals surface area contributed by atoms with E-state index in [4.69, 9.17) is 0 Å².